The molecule has 3 rings (SSSR count). The Kier molecular flexibility index (Phi) is 5.73. The molecule has 1 aliphatic rings. The van der Waals surface area contributed by atoms with Crippen molar-refractivity contribution in [2.45, 2.75) is 6.92 Å². The number of methoxy groups -OCH3 is 1. The molecule has 1 aromatic heterocycles. The summed E-state index contributed by atoms with van der Waals surface area (Å²) in [7, 11) is 1.64. The van der Waals surface area contributed by atoms with E-state index in [1.807, 2.05) is 37.3 Å². The van der Waals surface area contributed by atoms with E-state index in [0.29, 0.717) is 38.7 Å². The van der Waals surface area contributed by atoms with Gasteiger partial charge in [0.25, 0.3) is 0 Å². The lowest BCUT2D eigenvalue weighted by molar-refractivity contribution is 0.105. The van der Waals surface area contributed by atoms with E-state index < -0.39 is 0 Å². The second-order valence-electron chi connectivity index (χ2n) is 5.76. The quantitative estimate of drug-likeness (QED) is 0.880. The first-order valence-electron chi connectivity index (χ1n) is 8.60. The van der Waals surface area contributed by atoms with Gasteiger partial charge in [0.15, 0.2) is 0 Å². The SMILES string of the molecule is CCOC(=O)N1CCN(c2ccnc(Nc3ccc(OC)cc3)n2)CC1. The number of piperazine rings is 1. The van der Waals surface area contributed by atoms with Crippen LogP contribution in [-0.2, 0) is 4.74 Å². The Bertz CT molecular complexity index is 730. The molecule has 1 N–H and O–H groups in total. The minimum atomic E-state index is -0.253. The molecule has 1 amide bonds. The molecule has 138 valence electrons. The number of carbonyl (C=O) groups is 1. The lowest BCUT2D eigenvalue weighted by Crippen LogP contribution is -2.49. The predicted octanol–water partition coefficient (Wildman–Crippen LogP) is 2.51. The number of rotatable bonds is 5. The van der Waals surface area contributed by atoms with E-state index in [1.54, 1.807) is 18.2 Å². The summed E-state index contributed by atoms with van der Waals surface area (Å²) in [5, 5.41) is 3.19. The van der Waals surface area contributed by atoms with Gasteiger partial charge in [-0.05, 0) is 37.3 Å². The number of amides is 1. The van der Waals surface area contributed by atoms with Crippen molar-refractivity contribution in [2.24, 2.45) is 0 Å². The first-order chi connectivity index (χ1) is 12.7. The lowest BCUT2D eigenvalue weighted by atomic mass is 10.3. The molecule has 0 aliphatic carbocycles. The highest BCUT2D eigenvalue weighted by molar-refractivity contribution is 5.68. The largest absolute Gasteiger partial charge is 0.497 e. The molecule has 1 aliphatic heterocycles. The number of hydrogen-bond donors (Lipinski definition) is 1. The second-order valence-corrected chi connectivity index (χ2v) is 5.76. The molecule has 0 unspecified atom stereocenters. The number of hydrogen-bond acceptors (Lipinski definition) is 7. The van der Waals surface area contributed by atoms with E-state index in [-0.39, 0.29) is 6.09 Å². The highest BCUT2D eigenvalue weighted by Crippen LogP contribution is 2.20. The Morgan fingerprint density at radius 2 is 1.88 bits per heavy atom. The molecule has 1 saturated heterocycles. The summed E-state index contributed by atoms with van der Waals surface area (Å²) in [6.07, 6.45) is 1.48. The smallest absolute Gasteiger partial charge is 0.409 e. The zero-order valence-electron chi connectivity index (χ0n) is 15.0. The zero-order valence-corrected chi connectivity index (χ0v) is 15.0. The number of nitrogens with one attached hydrogen (secondary N) is 1. The number of benzene rings is 1. The maximum atomic E-state index is 11.8. The number of aromatic nitrogens is 2. The summed E-state index contributed by atoms with van der Waals surface area (Å²) in [6, 6.07) is 9.45. The Balaban J connectivity index is 1.61. The topological polar surface area (TPSA) is 79.8 Å². The van der Waals surface area contributed by atoms with Gasteiger partial charge in [-0.25, -0.2) is 9.78 Å². The maximum Gasteiger partial charge on any atom is 0.409 e. The van der Waals surface area contributed by atoms with Crippen LogP contribution >= 0.6 is 0 Å². The van der Waals surface area contributed by atoms with Crippen LogP contribution in [0.2, 0.25) is 0 Å². The Morgan fingerprint density at radius 1 is 1.15 bits per heavy atom. The average Bonchev–Trinajstić information content (AvgIpc) is 2.69. The molecule has 0 radical (unpaired) electrons. The van der Waals surface area contributed by atoms with Crippen LogP contribution in [0.15, 0.2) is 36.5 Å². The normalized spacial score (nSPS) is 14.1. The molecule has 1 fully saturated rings. The fourth-order valence-electron chi connectivity index (χ4n) is 2.72. The first-order valence-corrected chi connectivity index (χ1v) is 8.60. The van der Waals surface area contributed by atoms with Gasteiger partial charge in [0.1, 0.15) is 11.6 Å². The summed E-state index contributed by atoms with van der Waals surface area (Å²) in [5.74, 6) is 2.16. The summed E-state index contributed by atoms with van der Waals surface area (Å²) < 4.78 is 10.2. The van der Waals surface area contributed by atoms with Crippen molar-refractivity contribution in [1.82, 2.24) is 14.9 Å². The van der Waals surface area contributed by atoms with Crippen molar-refractivity contribution in [2.75, 3.05) is 50.1 Å². The van der Waals surface area contributed by atoms with E-state index in [4.69, 9.17) is 9.47 Å². The van der Waals surface area contributed by atoms with Crippen LogP contribution in [-0.4, -0.2) is 60.9 Å². The van der Waals surface area contributed by atoms with E-state index >= 15 is 0 Å². The third-order valence-corrected chi connectivity index (χ3v) is 4.12. The molecule has 8 nitrogen and oxygen atoms in total. The molecular formula is C18H23N5O3. The van der Waals surface area contributed by atoms with Crippen molar-refractivity contribution in [3.05, 3.63) is 36.5 Å². The molecule has 0 saturated carbocycles. The van der Waals surface area contributed by atoms with Crippen LogP contribution in [0.3, 0.4) is 0 Å². The monoisotopic (exact) mass is 357 g/mol. The van der Waals surface area contributed by atoms with Crippen LogP contribution < -0.4 is 15.0 Å². The van der Waals surface area contributed by atoms with Crippen LogP contribution in [0.5, 0.6) is 5.75 Å². The Labute approximate surface area is 152 Å². The molecule has 2 heterocycles. The first kappa shape index (κ1) is 17.8. The van der Waals surface area contributed by atoms with Crippen LogP contribution in [0.25, 0.3) is 0 Å². The molecule has 26 heavy (non-hydrogen) atoms. The van der Waals surface area contributed by atoms with Crippen molar-refractivity contribution in [3.63, 3.8) is 0 Å². The van der Waals surface area contributed by atoms with E-state index in [0.717, 1.165) is 17.3 Å². The van der Waals surface area contributed by atoms with Gasteiger partial charge in [-0.2, -0.15) is 4.98 Å². The summed E-state index contributed by atoms with van der Waals surface area (Å²) in [5.41, 5.74) is 0.884. The fourth-order valence-corrected chi connectivity index (χ4v) is 2.72. The number of anilines is 3. The number of ether oxygens (including phenoxy) is 2. The van der Waals surface area contributed by atoms with Crippen LogP contribution in [0, 0.1) is 0 Å². The Hall–Kier alpha value is -3.03. The molecule has 2 aromatic rings. The number of nitrogens with zero attached hydrogens (tertiary/aromatic N) is 4. The average molecular weight is 357 g/mol. The second kappa shape index (κ2) is 8.37. The van der Waals surface area contributed by atoms with Crippen LogP contribution in [0.1, 0.15) is 6.92 Å². The van der Waals surface area contributed by atoms with Gasteiger partial charge in [0.05, 0.1) is 13.7 Å². The van der Waals surface area contributed by atoms with Crippen molar-refractivity contribution in [1.29, 1.82) is 0 Å². The van der Waals surface area contributed by atoms with Gasteiger partial charge >= 0.3 is 6.09 Å². The fraction of sp³-hybridized carbons (Fsp3) is 0.389. The third-order valence-electron chi connectivity index (χ3n) is 4.12. The van der Waals surface area contributed by atoms with Crippen molar-refractivity contribution in [3.8, 4) is 5.75 Å². The molecular weight excluding hydrogens is 334 g/mol. The molecule has 8 heteroatoms. The van der Waals surface area contributed by atoms with Crippen molar-refractivity contribution >= 4 is 23.5 Å². The molecule has 0 atom stereocenters. The van der Waals surface area contributed by atoms with E-state index in [2.05, 4.69) is 20.2 Å². The highest BCUT2D eigenvalue weighted by Gasteiger charge is 2.22. The predicted molar refractivity (Wildman–Crippen MR) is 99.1 cm³/mol. The van der Waals surface area contributed by atoms with Gasteiger partial charge in [0.2, 0.25) is 5.95 Å². The Morgan fingerprint density at radius 3 is 2.54 bits per heavy atom. The molecule has 0 spiro atoms. The van der Waals surface area contributed by atoms with Gasteiger partial charge in [-0.3, -0.25) is 0 Å². The summed E-state index contributed by atoms with van der Waals surface area (Å²) >= 11 is 0. The van der Waals surface area contributed by atoms with Gasteiger partial charge < -0.3 is 24.6 Å². The van der Waals surface area contributed by atoms with Crippen molar-refractivity contribution < 1.29 is 14.3 Å². The molecule has 1 aromatic carbocycles. The van der Waals surface area contributed by atoms with Gasteiger partial charge in [-0.15, -0.1) is 0 Å². The zero-order chi connectivity index (χ0) is 18.4. The standard InChI is InChI=1S/C18H23N5O3/c1-3-26-18(24)23-12-10-22(11-13-23)16-8-9-19-17(21-16)20-14-4-6-15(25-2)7-5-14/h4-9H,3,10-13H2,1-2H3,(H,19,20,21). The van der Waals surface area contributed by atoms with Gasteiger partial charge in [0, 0.05) is 38.1 Å². The van der Waals surface area contributed by atoms with Crippen LogP contribution in [0.4, 0.5) is 22.2 Å². The highest BCUT2D eigenvalue weighted by atomic mass is 16.6. The van der Waals surface area contributed by atoms with E-state index in [9.17, 15) is 4.79 Å². The summed E-state index contributed by atoms with van der Waals surface area (Å²) in [4.78, 5) is 24.5. The summed E-state index contributed by atoms with van der Waals surface area (Å²) in [6.45, 7) is 4.85. The third kappa shape index (κ3) is 4.33. The number of carbonyl (C=O) groups excluding carboxylic acids is 1. The lowest BCUT2D eigenvalue weighted by Gasteiger charge is -2.34. The van der Waals surface area contributed by atoms with Gasteiger partial charge in [-0.1, -0.05) is 0 Å². The van der Waals surface area contributed by atoms with E-state index in [1.165, 1.54) is 0 Å². The maximum absolute atomic E-state index is 11.8. The minimum Gasteiger partial charge on any atom is -0.497 e. The minimum absolute atomic E-state index is 0.253. The molecule has 0 bridgehead atoms.